The Labute approximate surface area is 154 Å². The van der Waals surface area contributed by atoms with Crippen LogP contribution < -0.4 is 15.4 Å². The fourth-order valence-corrected chi connectivity index (χ4v) is 2.45. The molecule has 0 aromatic heterocycles. The van der Waals surface area contributed by atoms with Crippen LogP contribution >= 0.6 is 11.6 Å². The zero-order valence-electron chi connectivity index (χ0n) is 14.9. The number of halogens is 1. The Morgan fingerprint density at radius 3 is 2.48 bits per heavy atom. The average molecular weight is 361 g/mol. The van der Waals surface area contributed by atoms with Crippen LogP contribution in [0.25, 0.3) is 0 Å². The number of amides is 2. The van der Waals surface area contributed by atoms with Crippen LogP contribution in [-0.4, -0.2) is 19.2 Å². The van der Waals surface area contributed by atoms with E-state index in [0.29, 0.717) is 23.9 Å². The molecule has 0 aliphatic carbocycles. The van der Waals surface area contributed by atoms with Gasteiger partial charge in [0.05, 0.1) is 6.61 Å². The maximum atomic E-state index is 11.8. The van der Waals surface area contributed by atoms with Crippen molar-refractivity contribution in [2.45, 2.75) is 32.6 Å². The summed E-state index contributed by atoms with van der Waals surface area (Å²) in [4.78, 5) is 11.8. The fraction of sp³-hybridized carbons (Fsp3) is 0.350. The van der Waals surface area contributed by atoms with E-state index in [1.165, 1.54) is 5.56 Å². The van der Waals surface area contributed by atoms with Gasteiger partial charge >= 0.3 is 6.03 Å². The third-order valence-electron chi connectivity index (χ3n) is 3.68. The van der Waals surface area contributed by atoms with Crippen molar-refractivity contribution in [3.05, 3.63) is 59.1 Å². The lowest BCUT2D eigenvalue weighted by Crippen LogP contribution is -2.30. The molecule has 0 spiro atoms. The zero-order chi connectivity index (χ0) is 18.3. The van der Waals surface area contributed by atoms with Gasteiger partial charge in [-0.05, 0) is 47.7 Å². The number of anilines is 1. The van der Waals surface area contributed by atoms with Crippen LogP contribution in [0.4, 0.5) is 10.5 Å². The summed E-state index contributed by atoms with van der Waals surface area (Å²) in [6, 6.07) is 14.9. The van der Waals surface area contributed by atoms with Gasteiger partial charge in [-0.15, -0.1) is 0 Å². The second-order valence-corrected chi connectivity index (χ2v) is 7.30. The van der Waals surface area contributed by atoms with Gasteiger partial charge < -0.3 is 15.4 Å². The molecule has 0 radical (unpaired) electrons. The molecule has 0 bridgehead atoms. The Kier molecular flexibility index (Phi) is 6.71. The number of hydrogen-bond acceptors (Lipinski definition) is 2. The molecular weight excluding hydrogens is 336 g/mol. The summed E-state index contributed by atoms with van der Waals surface area (Å²) in [6.45, 7) is 7.63. The van der Waals surface area contributed by atoms with E-state index in [0.717, 1.165) is 12.2 Å². The molecule has 0 fully saturated rings. The number of ether oxygens (including phenoxy) is 1. The van der Waals surface area contributed by atoms with E-state index in [4.69, 9.17) is 16.3 Å². The van der Waals surface area contributed by atoms with Crippen molar-refractivity contribution in [2.75, 3.05) is 18.5 Å². The van der Waals surface area contributed by atoms with E-state index in [9.17, 15) is 4.79 Å². The van der Waals surface area contributed by atoms with Crippen molar-refractivity contribution in [2.24, 2.45) is 0 Å². The third kappa shape index (κ3) is 6.67. The maximum Gasteiger partial charge on any atom is 0.319 e. The highest BCUT2D eigenvalue weighted by Crippen LogP contribution is 2.24. The molecule has 2 aromatic rings. The second kappa shape index (κ2) is 8.77. The quantitative estimate of drug-likeness (QED) is 0.693. The number of carbonyl (C=O) groups is 1. The minimum absolute atomic E-state index is 0.138. The van der Waals surface area contributed by atoms with Crippen LogP contribution in [0.3, 0.4) is 0 Å². The molecule has 2 N–H and O–H groups in total. The highest BCUT2D eigenvalue weighted by Gasteiger charge is 2.12. The highest BCUT2D eigenvalue weighted by atomic mass is 35.5. The summed E-state index contributed by atoms with van der Waals surface area (Å²) in [6.07, 6.45) is 0.726. The van der Waals surface area contributed by atoms with E-state index in [2.05, 4.69) is 43.5 Å². The number of rotatable bonds is 6. The summed E-state index contributed by atoms with van der Waals surface area (Å²) in [5.74, 6) is 0.844. The van der Waals surface area contributed by atoms with E-state index in [1.807, 2.05) is 12.1 Å². The minimum atomic E-state index is -0.253. The Morgan fingerprint density at radius 1 is 1.12 bits per heavy atom. The van der Waals surface area contributed by atoms with Crippen molar-refractivity contribution in [1.82, 2.24) is 5.32 Å². The Balaban J connectivity index is 1.65. The first-order valence-corrected chi connectivity index (χ1v) is 8.76. The summed E-state index contributed by atoms with van der Waals surface area (Å²) in [7, 11) is 0. The van der Waals surface area contributed by atoms with Gasteiger partial charge in [0, 0.05) is 17.3 Å². The van der Waals surface area contributed by atoms with Crippen molar-refractivity contribution in [3.8, 4) is 5.75 Å². The van der Waals surface area contributed by atoms with E-state index >= 15 is 0 Å². The molecule has 25 heavy (non-hydrogen) atoms. The Hall–Kier alpha value is -2.20. The smallest absolute Gasteiger partial charge is 0.319 e. The van der Waals surface area contributed by atoms with Crippen LogP contribution in [0, 0.1) is 0 Å². The molecule has 2 amide bonds. The van der Waals surface area contributed by atoms with Gasteiger partial charge in [-0.2, -0.15) is 0 Å². The number of hydrogen-bond donors (Lipinski definition) is 2. The lowest BCUT2D eigenvalue weighted by atomic mass is 9.87. The van der Waals surface area contributed by atoms with Crippen LogP contribution in [0.1, 0.15) is 32.8 Å². The van der Waals surface area contributed by atoms with Gasteiger partial charge in [0.2, 0.25) is 0 Å². The first-order chi connectivity index (χ1) is 11.8. The summed E-state index contributed by atoms with van der Waals surface area (Å²) in [5, 5.41) is 6.12. The SMILES string of the molecule is CC(C)(C)c1ccc(OCCCNC(=O)Nc2cccc(Cl)c2)cc1. The van der Waals surface area contributed by atoms with Gasteiger partial charge in [-0.3, -0.25) is 0 Å². The average Bonchev–Trinajstić information content (AvgIpc) is 2.54. The Bertz CT molecular complexity index is 694. The van der Waals surface area contributed by atoms with Crippen LogP contribution in [0.15, 0.2) is 48.5 Å². The lowest BCUT2D eigenvalue weighted by molar-refractivity contribution is 0.250. The standard InChI is InChI=1S/C20H25ClN2O2/c1-20(2,3)15-8-10-18(11-9-15)25-13-5-12-22-19(24)23-17-7-4-6-16(21)14-17/h4,6-11,14H,5,12-13H2,1-3H3,(H2,22,23,24). The summed E-state index contributed by atoms with van der Waals surface area (Å²) in [5.41, 5.74) is 2.08. The molecule has 134 valence electrons. The largest absolute Gasteiger partial charge is 0.494 e. The van der Waals surface area contributed by atoms with Crippen molar-refractivity contribution >= 4 is 23.3 Å². The maximum absolute atomic E-state index is 11.8. The molecule has 5 heteroatoms. The molecule has 0 atom stereocenters. The minimum Gasteiger partial charge on any atom is -0.494 e. The van der Waals surface area contributed by atoms with Gasteiger partial charge in [-0.25, -0.2) is 4.79 Å². The van der Waals surface area contributed by atoms with Crippen LogP contribution in [0.5, 0.6) is 5.75 Å². The van der Waals surface area contributed by atoms with Crippen LogP contribution in [-0.2, 0) is 5.41 Å². The van der Waals surface area contributed by atoms with Gasteiger partial charge in [-0.1, -0.05) is 50.6 Å². The molecule has 0 saturated carbocycles. The second-order valence-electron chi connectivity index (χ2n) is 6.87. The molecule has 0 aliphatic rings. The number of urea groups is 1. The Morgan fingerprint density at radius 2 is 1.84 bits per heavy atom. The monoisotopic (exact) mass is 360 g/mol. The van der Waals surface area contributed by atoms with Gasteiger partial charge in [0.25, 0.3) is 0 Å². The molecule has 2 aromatic carbocycles. The molecule has 2 rings (SSSR count). The molecule has 0 saturated heterocycles. The normalized spacial score (nSPS) is 11.0. The first-order valence-electron chi connectivity index (χ1n) is 8.38. The van der Waals surface area contributed by atoms with E-state index in [1.54, 1.807) is 24.3 Å². The molecule has 0 aliphatic heterocycles. The topological polar surface area (TPSA) is 50.4 Å². The van der Waals surface area contributed by atoms with Crippen molar-refractivity contribution in [3.63, 3.8) is 0 Å². The first kappa shape index (κ1) is 19.1. The third-order valence-corrected chi connectivity index (χ3v) is 3.91. The fourth-order valence-electron chi connectivity index (χ4n) is 2.26. The van der Waals surface area contributed by atoms with Crippen molar-refractivity contribution < 1.29 is 9.53 Å². The van der Waals surface area contributed by atoms with Gasteiger partial charge in [0.1, 0.15) is 5.75 Å². The predicted octanol–water partition coefficient (Wildman–Crippen LogP) is 5.23. The number of nitrogens with one attached hydrogen (secondary N) is 2. The predicted molar refractivity (Wildman–Crippen MR) is 104 cm³/mol. The molecular formula is C20H25ClN2O2. The van der Waals surface area contributed by atoms with Crippen LogP contribution in [0.2, 0.25) is 5.02 Å². The van der Waals surface area contributed by atoms with E-state index in [-0.39, 0.29) is 11.4 Å². The lowest BCUT2D eigenvalue weighted by Gasteiger charge is -2.19. The number of carbonyl (C=O) groups excluding carboxylic acids is 1. The number of benzene rings is 2. The highest BCUT2D eigenvalue weighted by molar-refractivity contribution is 6.30. The molecule has 4 nitrogen and oxygen atoms in total. The summed E-state index contributed by atoms with van der Waals surface area (Å²) < 4.78 is 5.70. The molecule has 0 heterocycles. The zero-order valence-corrected chi connectivity index (χ0v) is 15.7. The summed E-state index contributed by atoms with van der Waals surface area (Å²) >= 11 is 5.88. The van der Waals surface area contributed by atoms with Crippen molar-refractivity contribution in [1.29, 1.82) is 0 Å². The van der Waals surface area contributed by atoms with Gasteiger partial charge in [0.15, 0.2) is 0 Å². The van der Waals surface area contributed by atoms with E-state index < -0.39 is 0 Å². The molecule has 0 unspecified atom stereocenters.